The lowest BCUT2D eigenvalue weighted by atomic mass is 10.2. The van der Waals surface area contributed by atoms with E-state index in [9.17, 15) is 14.4 Å². The predicted octanol–water partition coefficient (Wildman–Crippen LogP) is 5.56. The Morgan fingerprint density at radius 3 is 1.82 bits per heavy atom. The smallest absolute Gasteiger partial charge is 0.419 e. The van der Waals surface area contributed by atoms with E-state index in [0.717, 1.165) is 23.4 Å². The van der Waals surface area contributed by atoms with Gasteiger partial charge in [-0.1, -0.05) is 0 Å². The first kappa shape index (κ1) is 33.7. The zero-order valence-corrected chi connectivity index (χ0v) is 25.1. The molecule has 0 fully saturated rings. The highest BCUT2D eigenvalue weighted by Gasteiger charge is 2.30. The Bertz CT molecular complexity index is 893. The quantitative estimate of drug-likeness (QED) is 0.223. The molecule has 222 valence electrons. The van der Waals surface area contributed by atoms with Crippen LogP contribution in [0.5, 0.6) is 0 Å². The molecule has 0 saturated carbocycles. The van der Waals surface area contributed by atoms with Gasteiger partial charge < -0.3 is 30.2 Å². The second-order valence-electron chi connectivity index (χ2n) is 12.1. The van der Waals surface area contributed by atoms with Crippen molar-refractivity contribution in [3.8, 4) is 0 Å². The zero-order chi connectivity index (χ0) is 29.7. The predicted molar refractivity (Wildman–Crippen MR) is 151 cm³/mol. The van der Waals surface area contributed by atoms with Crippen molar-refractivity contribution in [1.82, 2.24) is 20.2 Å². The van der Waals surface area contributed by atoms with Crippen LogP contribution < -0.4 is 16.0 Å². The van der Waals surface area contributed by atoms with Crippen molar-refractivity contribution >= 4 is 29.8 Å². The maximum absolute atomic E-state index is 12.6. The summed E-state index contributed by atoms with van der Waals surface area (Å²) < 4.78 is 16.0. The number of hydrogen-bond acceptors (Lipinski definition) is 10. The molecule has 3 N–H and O–H groups in total. The Labute approximate surface area is 232 Å². The average Bonchev–Trinajstić information content (AvgIpc) is 2.75. The van der Waals surface area contributed by atoms with Crippen molar-refractivity contribution < 1.29 is 28.6 Å². The van der Waals surface area contributed by atoms with Crippen LogP contribution in [0.1, 0.15) is 88.0 Å². The summed E-state index contributed by atoms with van der Waals surface area (Å²) in [6.45, 7) is 17.9. The highest BCUT2D eigenvalue weighted by molar-refractivity contribution is 5.88. The standard InChI is InChI=1S/C27H48N6O6/c1-25(2,3)37-22(34)31-16-11-10-15-30-21-20(18-28-19-32-21)29-14-12-13-17-33(23(35)38-26(4,5)6)24(36)39-27(7,8)9/h18-19,29H,10-17H2,1-9H3,(H,31,34)(H,28,30,32). The number of nitrogens with one attached hydrogen (secondary N) is 3. The van der Waals surface area contributed by atoms with E-state index in [2.05, 4.69) is 25.9 Å². The summed E-state index contributed by atoms with van der Waals surface area (Å²) in [5.74, 6) is 0.675. The molecule has 0 aromatic carbocycles. The number of ether oxygens (including phenoxy) is 3. The second kappa shape index (κ2) is 15.3. The Kier molecular flexibility index (Phi) is 13.2. The van der Waals surface area contributed by atoms with Crippen LogP contribution in [0.25, 0.3) is 0 Å². The van der Waals surface area contributed by atoms with Crippen molar-refractivity contribution in [2.45, 2.75) is 105 Å². The first-order valence-corrected chi connectivity index (χ1v) is 13.4. The van der Waals surface area contributed by atoms with Gasteiger partial charge in [-0.15, -0.1) is 0 Å². The van der Waals surface area contributed by atoms with Gasteiger partial charge in [0.2, 0.25) is 0 Å². The number of alkyl carbamates (subject to hydrolysis) is 1. The van der Waals surface area contributed by atoms with Gasteiger partial charge in [0.15, 0.2) is 5.82 Å². The van der Waals surface area contributed by atoms with Gasteiger partial charge in [0, 0.05) is 26.2 Å². The fraction of sp³-hybridized carbons (Fsp3) is 0.741. The van der Waals surface area contributed by atoms with Crippen LogP contribution in [-0.2, 0) is 14.2 Å². The minimum absolute atomic E-state index is 0.166. The molecular weight excluding hydrogens is 504 g/mol. The van der Waals surface area contributed by atoms with Crippen molar-refractivity contribution in [2.24, 2.45) is 0 Å². The van der Waals surface area contributed by atoms with E-state index in [0.29, 0.717) is 38.3 Å². The minimum Gasteiger partial charge on any atom is -0.444 e. The molecule has 1 rings (SSSR count). The Morgan fingerprint density at radius 1 is 0.744 bits per heavy atom. The number of carbonyl (C=O) groups is 3. The van der Waals surface area contributed by atoms with Gasteiger partial charge in [0.25, 0.3) is 0 Å². The van der Waals surface area contributed by atoms with Crippen molar-refractivity contribution in [3.63, 3.8) is 0 Å². The molecule has 1 aromatic rings. The summed E-state index contributed by atoms with van der Waals surface area (Å²) in [5.41, 5.74) is -1.23. The summed E-state index contributed by atoms with van der Waals surface area (Å²) in [7, 11) is 0. The molecule has 1 heterocycles. The van der Waals surface area contributed by atoms with Gasteiger partial charge >= 0.3 is 18.3 Å². The van der Waals surface area contributed by atoms with Crippen LogP contribution >= 0.6 is 0 Å². The molecule has 12 nitrogen and oxygen atoms in total. The fourth-order valence-electron chi connectivity index (χ4n) is 3.07. The lowest BCUT2D eigenvalue weighted by Crippen LogP contribution is -2.44. The van der Waals surface area contributed by atoms with Gasteiger partial charge in [0.1, 0.15) is 23.1 Å². The number of hydrogen-bond donors (Lipinski definition) is 3. The van der Waals surface area contributed by atoms with Crippen LogP contribution in [0.15, 0.2) is 12.5 Å². The summed E-state index contributed by atoms with van der Waals surface area (Å²) in [6, 6.07) is 0. The number of imide groups is 1. The van der Waals surface area contributed by atoms with Crippen molar-refractivity contribution in [3.05, 3.63) is 12.5 Å². The van der Waals surface area contributed by atoms with E-state index in [4.69, 9.17) is 14.2 Å². The average molecular weight is 553 g/mol. The molecule has 0 atom stereocenters. The van der Waals surface area contributed by atoms with E-state index in [1.54, 1.807) is 47.7 Å². The maximum Gasteiger partial charge on any atom is 0.419 e. The molecule has 0 aliphatic heterocycles. The molecule has 0 aliphatic carbocycles. The molecule has 0 aliphatic rings. The number of rotatable bonds is 12. The summed E-state index contributed by atoms with van der Waals surface area (Å²) in [4.78, 5) is 46.3. The summed E-state index contributed by atoms with van der Waals surface area (Å²) in [5, 5.41) is 9.33. The summed E-state index contributed by atoms with van der Waals surface area (Å²) in [6.07, 6.45) is 4.11. The fourth-order valence-corrected chi connectivity index (χ4v) is 3.07. The molecule has 0 radical (unpaired) electrons. The zero-order valence-electron chi connectivity index (χ0n) is 25.1. The van der Waals surface area contributed by atoms with E-state index in [-0.39, 0.29) is 6.54 Å². The number of carbonyl (C=O) groups excluding carboxylic acids is 3. The number of unbranched alkanes of at least 4 members (excludes halogenated alkanes) is 2. The van der Waals surface area contributed by atoms with Crippen LogP contribution in [0, 0.1) is 0 Å². The second-order valence-corrected chi connectivity index (χ2v) is 12.1. The monoisotopic (exact) mass is 552 g/mol. The highest BCUT2D eigenvalue weighted by Crippen LogP contribution is 2.18. The van der Waals surface area contributed by atoms with E-state index in [1.807, 2.05) is 20.8 Å². The van der Waals surface area contributed by atoms with Gasteiger partial charge in [0.05, 0.1) is 11.9 Å². The molecule has 0 saturated heterocycles. The van der Waals surface area contributed by atoms with E-state index < -0.39 is 35.1 Å². The molecule has 0 bridgehead atoms. The van der Waals surface area contributed by atoms with E-state index in [1.165, 1.54) is 6.33 Å². The Balaban J connectivity index is 2.48. The Morgan fingerprint density at radius 2 is 1.26 bits per heavy atom. The highest BCUT2D eigenvalue weighted by atomic mass is 16.6. The van der Waals surface area contributed by atoms with Gasteiger partial charge in [-0.2, -0.15) is 0 Å². The number of nitrogens with zero attached hydrogens (tertiary/aromatic N) is 3. The van der Waals surface area contributed by atoms with Crippen molar-refractivity contribution in [1.29, 1.82) is 0 Å². The number of amides is 3. The van der Waals surface area contributed by atoms with Crippen molar-refractivity contribution in [2.75, 3.05) is 36.8 Å². The van der Waals surface area contributed by atoms with Crippen LogP contribution in [-0.4, -0.2) is 76.1 Å². The van der Waals surface area contributed by atoms with Gasteiger partial charge in [-0.05, 0) is 88.0 Å². The largest absolute Gasteiger partial charge is 0.444 e. The van der Waals surface area contributed by atoms with E-state index >= 15 is 0 Å². The normalized spacial score (nSPS) is 11.8. The summed E-state index contributed by atoms with van der Waals surface area (Å²) >= 11 is 0. The maximum atomic E-state index is 12.6. The minimum atomic E-state index is -0.732. The van der Waals surface area contributed by atoms with Crippen LogP contribution in [0.2, 0.25) is 0 Å². The third kappa shape index (κ3) is 16.3. The van der Waals surface area contributed by atoms with Crippen LogP contribution in [0.4, 0.5) is 25.9 Å². The molecule has 1 aromatic heterocycles. The topological polar surface area (TPSA) is 144 Å². The van der Waals surface area contributed by atoms with Gasteiger partial charge in [-0.3, -0.25) is 0 Å². The number of aromatic nitrogens is 2. The molecule has 3 amide bonds. The Hall–Kier alpha value is -3.31. The first-order valence-electron chi connectivity index (χ1n) is 13.4. The lowest BCUT2D eigenvalue weighted by molar-refractivity contribution is 0.00119. The van der Waals surface area contributed by atoms with Crippen LogP contribution in [0.3, 0.4) is 0 Å². The molecule has 12 heteroatoms. The van der Waals surface area contributed by atoms with Gasteiger partial charge in [-0.25, -0.2) is 29.3 Å². The molecule has 39 heavy (non-hydrogen) atoms. The molecular formula is C27H48N6O6. The lowest BCUT2D eigenvalue weighted by Gasteiger charge is -2.28. The SMILES string of the molecule is CC(C)(C)OC(=O)NCCCCNc1ncncc1NCCCCN(C(=O)OC(C)(C)C)C(=O)OC(C)(C)C. The third-order valence-electron chi connectivity index (χ3n) is 4.63. The first-order chi connectivity index (χ1) is 18.0. The molecule has 0 spiro atoms. The third-order valence-corrected chi connectivity index (χ3v) is 4.63. The molecule has 0 unspecified atom stereocenters. The number of anilines is 2.